The van der Waals surface area contributed by atoms with Gasteiger partial charge in [0.1, 0.15) is 12.4 Å². The molecule has 116 valence electrons. The van der Waals surface area contributed by atoms with Gasteiger partial charge in [-0.25, -0.2) is 0 Å². The topological polar surface area (TPSA) is 74.6 Å². The monoisotopic (exact) mass is 322 g/mol. The largest absolute Gasteiger partial charge is 0.416 e. The first-order valence-corrected chi connectivity index (χ1v) is 6.81. The maximum atomic E-state index is 12.5. The Hall–Kier alpha value is -1.38. The summed E-state index contributed by atoms with van der Waals surface area (Å²) in [6, 6.07) is 2.27. The fourth-order valence-electron chi connectivity index (χ4n) is 1.62. The molecule has 8 heteroatoms. The average Bonchev–Trinajstić information content (AvgIpc) is 2.42. The number of aldehydes is 1. The Morgan fingerprint density at radius 3 is 2.48 bits per heavy atom. The summed E-state index contributed by atoms with van der Waals surface area (Å²) in [7, 11) is 0. The van der Waals surface area contributed by atoms with Crippen molar-refractivity contribution >= 4 is 23.2 Å². The van der Waals surface area contributed by atoms with E-state index in [1.165, 1.54) is 6.92 Å². The van der Waals surface area contributed by atoms with Crippen molar-refractivity contribution in [1.82, 2.24) is 0 Å². The molecular weight excluding hydrogens is 309 g/mol. The minimum atomic E-state index is -4.61. The van der Waals surface area contributed by atoms with E-state index in [4.69, 9.17) is 0 Å². The summed E-state index contributed by atoms with van der Waals surface area (Å²) in [4.78, 5) is 21.7. The molecule has 2 unspecified atom stereocenters. The van der Waals surface area contributed by atoms with E-state index in [0.717, 1.165) is 23.9 Å². The van der Waals surface area contributed by atoms with Crippen molar-refractivity contribution in [1.29, 1.82) is 0 Å². The molecule has 0 radical (unpaired) electrons. The van der Waals surface area contributed by atoms with Crippen molar-refractivity contribution in [2.75, 3.05) is 5.75 Å². The highest BCUT2D eigenvalue weighted by Gasteiger charge is 2.32. The second-order valence-electron chi connectivity index (χ2n) is 4.27. The predicted molar refractivity (Wildman–Crippen MR) is 70.9 cm³/mol. The van der Waals surface area contributed by atoms with Crippen molar-refractivity contribution in [3.05, 3.63) is 34.9 Å². The van der Waals surface area contributed by atoms with E-state index < -0.39 is 23.9 Å². The van der Waals surface area contributed by atoms with Crippen LogP contribution in [-0.2, 0) is 11.0 Å². The van der Waals surface area contributed by atoms with Gasteiger partial charge in [-0.3, -0.25) is 9.59 Å². The highest BCUT2D eigenvalue weighted by atomic mass is 32.2. The summed E-state index contributed by atoms with van der Waals surface area (Å²) in [6.07, 6.45) is -7.36. The summed E-state index contributed by atoms with van der Waals surface area (Å²) in [5, 5.41) is 19.3. The number of halogens is 3. The van der Waals surface area contributed by atoms with Crippen LogP contribution >= 0.6 is 11.8 Å². The van der Waals surface area contributed by atoms with Gasteiger partial charge in [0.15, 0.2) is 5.12 Å². The third-order valence-corrected chi connectivity index (χ3v) is 3.60. The number of thioether (sulfide) groups is 1. The minimum Gasteiger partial charge on any atom is -0.389 e. The Kier molecular flexibility index (Phi) is 5.94. The smallest absolute Gasteiger partial charge is 0.389 e. The first-order chi connectivity index (χ1) is 9.66. The van der Waals surface area contributed by atoms with Gasteiger partial charge in [0.05, 0.1) is 11.7 Å². The molecule has 0 aliphatic heterocycles. The van der Waals surface area contributed by atoms with E-state index in [-0.39, 0.29) is 28.3 Å². The molecule has 1 aromatic rings. The molecule has 0 amide bonds. The number of hydrogen-bond donors (Lipinski definition) is 2. The van der Waals surface area contributed by atoms with Crippen LogP contribution < -0.4 is 0 Å². The maximum Gasteiger partial charge on any atom is 0.416 e. The normalized spacial score (nSPS) is 14.6. The number of hydrogen-bond acceptors (Lipinski definition) is 5. The van der Waals surface area contributed by atoms with Crippen molar-refractivity contribution in [3.8, 4) is 0 Å². The van der Waals surface area contributed by atoms with Crippen LogP contribution in [0.1, 0.15) is 34.5 Å². The molecule has 2 N–H and O–H groups in total. The lowest BCUT2D eigenvalue weighted by Crippen LogP contribution is -2.22. The second kappa shape index (κ2) is 7.06. The van der Waals surface area contributed by atoms with E-state index in [0.29, 0.717) is 6.07 Å². The SMILES string of the molecule is CC(=O)SCC(O)C(O)c1ccc(C(F)(F)F)cc1C=O. The van der Waals surface area contributed by atoms with Gasteiger partial charge in [-0.1, -0.05) is 17.8 Å². The zero-order chi connectivity index (χ0) is 16.2. The molecule has 0 heterocycles. The minimum absolute atomic E-state index is 0.116. The van der Waals surface area contributed by atoms with Gasteiger partial charge >= 0.3 is 6.18 Å². The molecule has 1 aromatic carbocycles. The second-order valence-corrected chi connectivity index (χ2v) is 5.47. The molecule has 0 aromatic heterocycles. The summed E-state index contributed by atoms with van der Waals surface area (Å²) >= 11 is 0.766. The molecular formula is C13H13F3O4S. The molecule has 2 atom stereocenters. The molecule has 0 saturated carbocycles. The zero-order valence-corrected chi connectivity index (χ0v) is 11.7. The van der Waals surface area contributed by atoms with Crippen LogP contribution in [0.4, 0.5) is 13.2 Å². The van der Waals surface area contributed by atoms with Crippen molar-refractivity contribution < 1.29 is 33.0 Å². The number of benzene rings is 1. The first kappa shape index (κ1) is 17.7. The third kappa shape index (κ3) is 4.83. The predicted octanol–water partition coefficient (Wildman–Crippen LogP) is 2.19. The van der Waals surface area contributed by atoms with Gasteiger partial charge in [-0.05, 0) is 17.7 Å². The van der Waals surface area contributed by atoms with E-state index in [9.17, 15) is 33.0 Å². The molecule has 0 fully saturated rings. The van der Waals surface area contributed by atoms with E-state index in [2.05, 4.69) is 0 Å². The molecule has 0 aliphatic rings. The number of carbonyl (C=O) groups is 2. The molecule has 0 saturated heterocycles. The molecule has 0 bridgehead atoms. The lowest BCUT2D eigenvalue weighted by Gasteiger charge is -2.19. The quantitative estimate of drug-likeness (QED) is 0.813. The number of rotatable bonds is 5. The lowest BCUT2D eigenvalue weighted by molar-refractivity contribution is -0.137. The van der Waals surface area contributed by atoms with E-state index in [1.54, 1.807) is 0 Å². The van der Waals surface area contributed by atoms with Crippen LogP contribution in [0.2, 0.25) is 0 Å². The van der Waals surface area contributed by atoms with Gasteiger partial charge in [0.2, 0.25) is 0 Å². The summed E-state index contributed by atoms with van der Waals surface area (Å²) in [5.74, 6) is -0.129. The van der Waals surface area contributed by atoms with Crippen molar-refractivity contribution in [2.45, 2.75) is 25.3 Å². The third-order valence-electron chi connectivity index (χ3n) is 2.68. The fourth-order valence-corrected chi connectivity index (χ4v) is 2.21. The molecule has 0 aliphatic carbocycles. The Balaban J connectivity index is 3.01. The van der Waals surface area contributed by atoms with Crippen LogP contribution in [0.15, 0.2) is 18.2 Å². The molecule has 21 heavy (non-hydrogen) atoms. The Labute approximate surface area is 123 Å². The number of aliphatic hydroxyl groups is 2. The van der Waals surface area contributed by atoms with Crippen molar-refractivity contribution in [3.63, 3.8) is 0 Å². The van der Waals surface area contributed by atoms with Gasteiger partial charge < -0.3 is 10.2 Å². The highest BCUT2D eigenvalue weighted by molar-refractivity contribution is 8.13. The number of carbonyl (C=O) groups excluding carboxylic acids is 2. The first-order valence-electron chi connectivity index (χ1n) is 5.82. The van der Waals surface area contributed by atoms with Crippen LogP contribution in [0.5, 0.6) is 0 Å². The summed E-state index contributed by atoms with van der Waals surface area (Å²) in [6.45, 7) is 1.28. The lowest BCUT2D eigenvalue weighted by atomic mass is 9.97. The van der Waals surface area contributed by atoms with E-state index >= 15 is 0 Å². The van der Waals surface area contributed by atoms with Crippen LogP contribution in [0.25, 0.3) is 0 Å². The molecule has 1 rings (SSSR count). The van der Waals surface area contributed by atoms with Crippen LogP contribution in [0, 0.1) is 0 Å². The van der Waals surface area contributed by atoms with Gasteiger partial charge in [-0.2, -0.15) is 13.2 Å². The highest BCUT2D eigenvalue weighted by Crippen LogP contribution is 2.32. The Morgan fingerprint density at radius 1 is 1.38 bits per heavy atom. The standard InChI is InChI=1S/C13H13F3O4S/c1-7(18)21-6-11(19)12(20)10-3-2-9(13(14,15)16)4-8(10)5-17/h2-5,11-12,19-20H,6H2,1H3. The van der Waals surface area contributed by atoms with Crippen molar-refractivity contribution in [2.24, 2.45) is 0 Å². The zero-order valence-electron chi connectivity index (χ0n) is 10.9. The fraction of sp³-hybridized carbons (Fsp3) is 0.385. The number of aliphatic hydroxyl groups excluding tert-OH is 2. The van der Waals surface area contributed by atoms with Crippen LogP contribution in [-0.4, -0.2) is 33.5 Å². The van der Waals surface area contributed by atoms with Gasteiger partial charge in [-0.15, -0.1) is 0 Å². The Morgan fingerprint density at radius 2 is 2.00 bits per heavy atom. The van der Waals surface area contributed by atoms with E-state index in [1.807, 2.05) is 0 Å². The summed E-state index contributed by atoms with van der Waals surface area (Å²) in [5.41, 5.74) is -1.49. The van der Waals surface area contributed by atoms with Gasteiger partial charge in [0.25, 0.3) is 0 Å². The Bertz CT molecular complexity index is 531. The molecule has 4 nitrogen and oxygen atoms in total. The van der Waals surface area contributed by atoms with Crippen LogP contribution in [0.3, 0.4) is 0 Å². The maximum absolute atomic E-state index is 12.5. The summed E-state index contributed by atoms with van der Waals surface area (Å²) < 4.78 is 37.6. The number of alkyl halides is 3. The van der Waals surface area contributed by atoms with Gasteiger partial charge in [0, 0.05) is 18.2 Å². The molecule has 0 spiro atoms. The average molecular weight is 322 g/mol.